The Morgan fingerprint density at radius 2 is 1.81 bits per heavy atom. The summed E-state index contributed by atoms with van der Waals surface area (Å²) in [6, 6.07) is 13.2. The summed E-state index contributed by atoms with van der Waals surface area (Å²) < 4.78 is 10.1. The number of ether oxygens (including phenoxy) is 2. The van der Waals surface area contributed by atoms with Gasteiger partial charge < -0.3 is 14.8 Å². The molecule has 31 heavy (non-hydrogen) atoms. The van der Waals surface area contributed by atoms with E-state index >= 15 is 0 Å². The third-order valence-electron chi connectivity index (χ3n) is 5.92. The van der Waals surface area contributed by atoms with E-state index in [0.29, 0.717) is 23.3 Å². The Kier molecular flexibility index (Phi) is 5.78. The van der Waals surface area contributed by atoms with Crippen LogP contribution in [0.4, 0.5) is 0 Å². The van der Waals surface area contributed by atoms with Gasteiger partial charge in [-0.1, -0.05) is 36.4 Å². The first-order valence-electron chi connectivity index (χ1n) is 9.97. The average Bonchev–Trinajstić information content (AvgIpc) is 3.32. The highest BCUT2D eigenvalue weighted by atomic mass is 32.1. The van der Waals surface area contributed by atoms with Crippen molar-refractivity contribution < 1.29 is 23.9 Å². The molecule has 7 heteroatoms. The van der Waals surface area contributed by atoms with Gasteiger partial charge in [-0.25, -0.2) is 4.79 Å². The number of thiophene rings is 1. The summed E-state index contributed by atoms with van der Waals surface area (Å²) in [5, 5.41) is 5.20. The van der Waals surface area contributed by atoms with E-state index in [0.717, 1.165) is 16.1 Å². The molecule has 160 valence electrons. The van der Waals surface area contributed by atoms with Gasteiger partial charge in [0.25, 0.3) is 0 Å². The normalized spacial score (nSPS) is 23.2. The summed E-state index contributed by atoms with van der Waals surface area (Å²) in [7, 11) is 2.62. The van der Waals surface area contributed by atoms with Gasteiger partial charge in [0.1, 0.15) is 5.92 Å². The molecule has 6 nitrogen and oxygen atoms in total. The van der Waals surface area contributed by atoms with E-state index in [9.17, 15) is 14.4 Å². The van der Waals surface area contributed by atoms with E-state index in [1.807, 2.05) is 54.8 Å². The standard InChI is InChI=1S/C24H23NO5S/c1-13-18(23(27)29-2)19(14-8-5-4-6-9-14)21-16(25-13)12-15(17-10-7-11-31-17)20(22(21)26)24(28)30-3/h4-11,15,19-20,25H,12H2,1-3H3/t15-,19-,20+/m1/s1. The highest BCUT2D eigenvalue weighted by molar-refractivity contribution is 7.10. The number of esters is 2. The number of hydrogen-bond donors (Lipinski definition) is 1. The van der Waals surface area contributed by atoms with Crippen molar-refractivity contribution in [2.45, 2.75) is 25.2 Å². The van der Waals surface area contributed by atoms with Gasteiger partial charge >= 0.3 is 11.9 Å². The predicted octanol–water partition coefficient (Wildman–Crippen LogP) is 3.68. The second-order valence-corrected chi connectivity index (χ2v) is 8.56. The maximum atomic E-state index is 13.8. The first-order valence-corrected chi connectivity index (χ1v) is 10.8. The molecule has 0 saturated heterocycles. The number of methoxy groups -OCH3 is 2. The van der Waals surface area contributed by atoms with E-state index in [4.69, 9.17) is 9.47 Å². The smallest absolute Gasteiger partial charge is 0.336 e. The molecule has 0 fully saturated rings. The Morgan fingerprint density at radius 3 is 2.42 bits per heavy atom. The second-order valence-electron chi connectivity index (χ2n) is 7.58. The SMILES string of the molecule is COC(=O)C1=C(C)NC2=C(C(=O)[C@@H](C(=O)OC)[C@@H](c3cccs3)C2)[C@@H]1c1ccccc1. The summed E-state index contributed by atoms with van der Waals surface area (Å²) >= 11 is 1.51. The Labute approximate surface area is 184 Å². The molecule has 1 N–H and O–H groups in total. The summed E-state index contributed by atoms with van der Waals surface area (Å²) in [4.78, 5) is 40.3. The van der Waals surface area contributed by atoms with Gasteiger partial charge in [-0.15, -0.1) is 11.3 Å². The molecule has 0 spiro atoms. The molecule has 0 unspecified atom stereocenters. The molecule has 2 aromatic rings. The highest BCUT2D eigenvalue weighted by Crippen LogP contribution is 2.48. The molecule has 2 heterocycles. The Bertz CT molecular complexity index is 1080. The fourth-order valence-electron chi connectivity index (χ4n) is 4.56. The third kappa shape index (κ3) is 3.59. The van der Waals surface area contributed by atoms with Gasteiger partial charge in [0.05, 0.1) is 19.8 Å². The summed E-state index contributed by atoms with van der Waals surface area (Å²) in [5.41, 5.74) is 2.98. The van der Waals surface area contributed by atoms with Crippen molar-refractivity contribution >= 4 is 29.1 Å². The molecule has 1 aromatic heterocycles. The van der Waals surface area contributed by atoms with Crippen LogP contribution in [0.5, 0.6) is 0 Å². The zero-order chi connectivity index (χ0) is 22.1. The van der Waals surface area contributed by atoms with Crippen molar-refractivity contribution in [2.24, 2.45) is 5.92 Å². The van der Waals surface area contributed by atoms with Gasteiger partial charge in [-0.2, -0.15) is 0 Å². The summed E-state index contributed by atoms with van der Waals surface area (Å²) in [6.45, 7) is 1.81. The summed E-state index contributed by atoms with van der Waals surface area (Å²) in [5.74, 6) is -3.29. The third-order valence-corrected chi connectivity index (χ3v) is 6.93. The lowest BCUT2D eigenvalue weighted by molar-refractivity contribution is -0.149. The van der Waals surface area contributed by atoms with Crippen LogP contribution in [0.2, 0.25) is 0 Å². The van der Waals surface area contributed by atoms with Crippen molar-refractivity contribution in [3.63, 3.8) is 0 Å². The number of dihydropyridines is 1. The molecular formula is C24H23NO5S. The number of ketones is 1. The first kappa shape index (κ1) is 21.1. The zero-order valence-corrected chi connectivity index (χ0v) is 18.3. The molecule has 1 aromatic carbocycles. The number of benzene rings is 1. The Hall–Kier alpha value is -3.19. The average molecular weight is 438 g/mol. The molecule has 0 radical (unpaired) electrons. The van der Waals surface area contributed by atoms with Crippen molar-refractivity contribution in [3.05, 3.63) is 80.8 Å². The minimum atomic E-state index is -0.965. The molecular weight excluding hydrogens is 414 g/mol. The summed E-state index contributed by atoms with van der Waals surface area (Å²) in [6.07, 6.45) is 0.469. The molecule has 1 aliphatic heterocycles. The minimum absolute atomic E-state index is 0.318. The predicted molar refractivity (Wildman–Crippen MR) is 116 cm³/mol. The first-order chi connectivity index (χ1) is 15.0. The van der Waals surface area contributed by atoms with Gasteiger partial charge in [0.15, 0.2) is 5.78 Å². The van der Waals surface area contributed by atoms with Gasteiger partial charge in [-0.05, 0) is 30.4 Å². The number of Topliss-reactive ketones (excluding diaryl/α,β-unsaturated/α-hetero) is 1. The number of carbonyl (C=O) groups is 3. The monoisotopic (exact) mass is 437 g/mol. The van der Waals surface area contributed by atoms with Crippen LogP contribution in [0, 0.1) is 5.92 Å². The minimum Gasteiger partial charge on any atom is -0.468 e. The van der Waals surface area contributed by atoms with E-state index in [2.05, 4.69) is 5.32 Å². The lowest BCUT2D eigenvalue weighted by Crippen LogP contribution is -2.43. The van der Waals surface area contributed by atoms with Crippen molar-refractivity contribution in [1.29, 1.82) is 0 Å². The number of rotatable bonds is 4. The largest absolute Gasteiger partial charge is 0.468 e. The van der Waals surface area contributed by atoms with E-state index in [1.165, 1.54) is 25.6 Å². The van der Waals surface area contributed by atoms with Crippen molar-refractivity contribution in [3.8, 4) is 0 Å². The second kappa shape index (κ2) is 8.51. The van der Waals surface area contributed by atoms with Crippen LogP contribution in [0.3, 0.4) is 0 Å². The molecule has 0 bridgehead atoms. The number of carbonyl (C=O) groups excluding carboxylic acids is 3. The fraction of sp³-hybridized carbons (Fsp3) is 0.292. The van der Waals surface area contributed by atoms with Crippen LogP contribution >= 0.6 is 11.3 Å². The van der Waals surface area contributed by atoms with E-state index < -0.39 is 23.8 Å². The lowest BCUT2D eigenvalue weighted by atomic mass is 9.68. The van der Waals surface area contributed by atoms with Crippen LogP contribution < -0.4 is 5.32 Å². The number of allylic oxidation sites excluding steroid dienone is 3. The van der Waals surface area contributed by atoms with Crippen LogP contribution in [0.25, 0.3) is 0 Å². The van der Waals surface area contributed by atoms with Gasteiger partial charge in [0.2, 0.25) is 0 Å². The fourth-order valence-corrected chi connectivity index (χ4v) is 5.43. The maximum Gasteiger partial charge on any atom is 0.336 e. The topological polar surface area (TPSA) is 81.7 Å². The van der Waals surface area contributed by atoms with Crippen LogP contribution in [0.15, 0.2) is 70.4 Å². The molecule has 3 atom stereocenters. The van der Waals surface area contributed by atoms with Crippen LogP contribution in [0.1, 0.15) is 35.6 Å². The number of nitrogens with one attached hydrogen (secondary N) is 1. The zero-order valence-electron chi connectivity index (χ0n) is 17.5. The molecule has 0 amide bonds. The van der Waals surface area contributed by atoms with E-state index in [1.54, 1.807) is 0 Å². The molecule has 4 rings (SSSR count). The Morgan fingerprint density at radius 1 is 1.06 bits per heavy atom. The Balaban J connectivity index is 1.90. The van der Waals surface area contributed by atoms with Crippen molar-refractivity contribution in [2.75, 3.05) is 14.2 Å². The van der Waals surface area contributed by atoms with Gasteiger partial charge in [0, 0.05) is 33.7 Å². The molecule has 0 saturated carbocycles. The highest BCUT2D eigenvalue weighted by Gasteiger charge is 2.49. The van der Waals surface area contributed by atoms with Crippen LogP contribution in [-0.2, 0) is 23.9 Å². The quantitative estimate of drug-likeness (QED) is 0.581. The van der Waals surface area contributed by atoms with Crippen molar-refractivity contribution in [1.82, 2.24) is 5.32 Å². The lowest BCUT2D eigenvalue weighted by Gasteiger charge is -2.39. The van der Waals surface area contributed by atoms with E-state index in [-0.39, 0.29) is 11.7 Å². The number of hydrogen-bond acceptors (Lipinski definition) is 7. The maximum absolute atomic E-state index is 13.8. The molecule has 1 aliphatic carbocycles. The van der Waals surface area contributed by atoms with Crippen LogP contribution in [-0.4, -0.2) is 31.9 Å². The van der Waals surface area contributed by atoms with Gasteiger partial charge in [-0.3, -0.25) is 9.59 Å². The molecule has 2 aliphatic rings.